The molecular formula is C18H24N2O4. The number of hydrogen-bond donors (Lipinski definition) is 1. The average molecular weight is 332 g/mol. The summed E-state index contributed by atoms with van der Waals surface area (Å²) < 4.78 is 11.2. The van der Waals surface area contributed by atoms with Crippen molar-refractivity contribution in [2.45, 2.75) is 51.4 Å². The summed E-state index contributed by atoms with van der Waals surface area (Å²) in [6, 6.07) is 7.40. The van der Waals surface area contributed by atoms with Crippen molar-refractivity contribution in [3.05, 3.63) is 24.3 Å². The molecule has 6 nitrogen and oxygen atoms in total. The van der Waals surface area contributed by atoms with Crippen LogP contribution in [0.2, 0.25) is 0 Å². The van der Waals surface area contributed by atoms with Crippen LogP contribution in [0.25, 0.3) is 0 Å². The first-order valence-electron chi connectivity index (χ1n) is 8.54. The van der Waals surface area contributed by atoms with Gasteiger partial charge in [-0.15, -0.1) is 0 Å². The fourth-order valence-electron chi connectivity index (χ4n) is 3.22. The Bertz CT molecular complexity index is 613. The topological polar surface area (TPSA) is 67.9 Å². The summed E-state index contributed by atoms with van der Waals surface area (Å²) in [5.41, 5.74) is 0.723. The van der Waals surface area contributed by atoms with Gasteiger partial charge in [0.25, 0.3) is 5.91 Å². The maximum Gasteiger partial charge on any atom is 0.267 e. The third-order valence-electron chi connectivity index (χ3n) is 4.55. The molecule has 0 unspecified atom stereocenters. The minimum absolute atomic E-state index is 0.00778. The minimum Gasteiger partial charge on any atom is -0.479 e. The van der Waals surface area contributed by atoms with Gasteiger partial charge in [-0.1, -0.05) is 12.1 Å². The highest BCUT2D eigenvalue weighted by Crippen LogP contribution is 2.33. The molecule has 1 aromatic rings. The van der Waals surface area contributed by atoms with E-state index < -0.39 is 6.10 Å². The first kappa shape index (κ1) is 16.8. The van der Waals surface area contributed by atoms with Gasteiger partial charge in [0.1, 0.15) is 5.75 Å². The van der Waals surface area contributed by atoms with Crippen LogP contribution in [-0.2, 0) is 14.3 Å². The Kier molecular flexibility index (Phi) is 5.04. The summed E-state index contributed by atoms with van der Waals surface area (Å²) >= 11 is 0. The Morgan fingerprint density at radius 2 is 2.21 bits per heavy atom. The number of benzene rings is 1. The highest BCUT2D eigenvalue weighted by molar-refractivity contribution is 6.00. The van der Waals surface area contributed by atoms with Crippen LogP contribution >= 0.6 is 0 Å². The lowest BCUT2D eigenvalue weighted by Crippen LogP contribution is -2.47. The van der Waals surface area contributed by atoms with Crippen molar-refractivity contribution in [2.75, 3.05) is 18.1 Å². The lowest BCUT2D eigenvalue weighted by molar-refractivity contribution is -0.125. The number of hydrogen-bond acceptors (Lipinski definition) is 4. The number of amides is 2. The number of carbonyl (C=O) groups excluding carboxylic acids is 2. The molecule has 0 aliphatic carbocycles. The molecular weight excluding hydrogens is 308 g/mol. The molecule has 1 fully saturated rings. The first-order chi connectivity index (χ1) is 11.6. The Balaban J connectivity index is 1.59. The lowest BCUT2D eigenvalue weighted by atomic mass is 10.1. The van der Waals surface area contributed by atoms with Crippen LogP contribution in [0.3, 0.4) is 0 Å². The SMILES string of the molecule is C[C@@H]1Oc2ccccc2N(CCC(=O)N[C@@H](C)[C@H]2CCCO2)C1=O. The Hall–Kier alpha value is -2.08. The van der Waals surface area contributed by atoms with Gasteiger partial charge >= 0.3 is 0 Å². The van der Waals surface area contributed by atoms with Crippen molar-refractivity contribution < 1.29 is 19.1 Å². The van der Waals surface area contributed by atoms with E-state index in [1.165, 1.54) is 0 Å². The Morgan fingerprint density at radius 1 is 1.42 bits per heavy atom. The molecule has 1 N–H and O–H groups in total. The van der Waals surface area contributed by atoms with Gasteiger partial charge in [0, 0.05) is 19.6 Å². The number of nitrogens with one attached hydrogen (secondary N) is 1. The predicted octanol–water partition coefficient (Wildman–Crippen LogP) is 1.87. The molecule has 0 aromatic heterocycles. The summed E-state index contributed by atoms with van der Waals surface area (Å²) in [6.45, 7) is 4.80. The molecule has 3 atom stereocenters. The van der Waals surface area contributed by atoms with Crippen LogP contribution in [-0.4, -0.2) is 43.2 Å². The summed E-state index contributed by atoms with van der Waals surface area (Å²) in [6.07, 6.45) is 1.84. The van der Waals surface area contributed by atoms with E-state index in [4.69, 9.17) is 9.47 Å². The molecule has 2 aliphatic heterocycles. The third-order valence-corrected chi connectivity index (χ3v) is 4.55. The van der Waals surface area contributed by atoms with Crippen molar-refractivity contribution in [2.24, 2.45) is 0 Å². The number of rotatable bonds is 5. The highest BCUT2D eigenvalue weighted by atomic mass is 16.5. The lowest BCUT2D eigenvalue weighted by Gasteiger charge is -2.33. The smallest absolute Gasteiger partial charge is 0.267 e. The van der Waals surface area contributed by atoms with E-state index in [1.807, 2.05) is 31.2 Å². The summed E-state index contributed by atoms with van der Waals surface area (Å²) in [4.78, 5) is 26.2. The van der Waals surface area contributed by atoms with Crippen LogP contribution < -0.4 is 15.0 Å². The van der Waals surface area contributed by atoms with Crippen molar-refractivity contribution in [1.29, 1.82) is 0 Å². The molecule has 24 heavy (non-hydrogen) atoms. The summed E-state index contributed by atoms with van der Waals surface area (Å²) in [5, 5.41) is 2.98. The second-order valence-corrected chi connectivity index (χ2v) is 6.38. The molecule has 0 bridgehead atoms. The molecule has 0 spiro atoms. The van der Waals surface area contributed by atoms with Gasteiger partial charge in [0.15, 0.2) is 6.10 Å². The monoisotopic (exact) mass is 332 g/mol. The zero-order valence-corrected chi connectivity index (χ0v) is 14.2. The van der Waals surface area contributed by atoms with E-state index in [1.54, 1.807) is 11.8 Å². The molecule has 2 heterocycles. The normalized spacial score (nSPS) is 24.2. The van der Waals surface area contributed by atoms with Crippen LogP contribution in [0.4, 0.5) is 5.69 Å². The standard InChI is InChI=1S/C18H24N2O4/c1-12(15-8-5-11-23-15)19-17(21)9-10-20-14-6-3-4-7-16(14)24-13(2)18(20)22/h3-4,6-7,12-13,15H,5,8-11H2,1-2H3,(H,19,21)/t12-,13-,15+/m0/s1. The Morgan fingerprint density at radius 3 is 2.96 bits per heavy atom. The van der Waals surface area contributed by atoms with E-state index in [0.29, 0.717) is 12.3 Å². The number of fused-ring (bicyclic) bond motifs is 1. The fourth-order valence-corrected chi connectivity index (χ4v) is 3.22. The number of nitrogens with zero attached hydrogens (tertiary/aromatic N) is 1. The predicted molar refractivity (Wildman–Crippen MR) is 90.1 cm³/mol. The summed E-state index contributed by atoms with van der Waals surface area (Å²) in [7, 11) is 0. The van der Waals surface area contributed by atoms with Gasteiger partial charge in [-0.25, -0.2) is 0 Å². The largest absolute Gasteiger partial charge is 0.479 e. The zero-order chi connectivity index (χ0) is 17.1. The van der Waals surface area contributed by atoms with Crippen LogP contribution in [0, 0.1) is 0 Å². The molecule has 3 rings (SSSR count). The van der Waals surface area contributed by atoms with Gasteiger partial charge in [0.05, 0.1) is 17.8 Å². The highest BCUT2D eigenvalue weighted by Gasteiger charge is 2.31. The average Bonchev–Trinajstić information content (AvgIpc) is 3.10. The molecule has 1 aromatic carbocycles. The van der Waals surface area contributed by atoms with E-state index >= 15 is 0 Å². The molecule has 2 amide bonds. The number of carbonyl (C=O) groups is 2. The number of ether oxygens (including phenoxy) is 2. The molecule has 1 saturated heterocycles. The fraction of sp³-hybridized carbons (Fsp3) is 0.556. The summed E-state index contributed by atoms with van der Waals surface area (Å²) in [5.74, 6) is 0.494. The van der Waals surface area contributed by atoms with Crippen molar-refractivity contribution in [3.63, 3.8) is 0 Å². The van der Waals surface area contributed by atoms with Crippen molar-refractivity contribution in [3.8, 4) is 5.75 Å². The molecule has 0 saturated carbocycles. The molecule has 2 aliphatic rings. The minimum atomic E-state index is -0.534. The van der Waals surface area contributed by atoms with E-state index in [-0.39, 0.29) is 30.4 Å². The van der Waals surface area contributed by atoms with Gasteiger partial charge in [-0.2, -0.15) is 0 Å². The van der Waals surface area contributed by atoms with E-state index in [0.717, 1.165) is 25.1 Å². The number of anilines is 1. The van der Waals surface area contributed by atoms with E-state index in [2.05, 4.69) is 5.32 Å². The van der Waals surface area contributed by atoms with Crippen LogP contribution in [0.5, 0.6) is 5.75 Å². The van der Waals surface area contributed by atoms with Gasteiger partial charge in [-0.05, 0) is 38.8 Å². The molecule has 130 valence electrons. The molecule has 0 radical (unpaired) electrons. The van der Waals surface area contributed by atoms with Crippen molar-refractivity contribution >= 4 is 17.5 Å². The maximum absolute atomic E-state index is 12.4. The van der Waals surface area contributed by atoms with Crippen LogP contribution in [0.1, 0.15) is 33.1 Å². The van der Waals surface area contributed by atoms with Crippen molar-refractivity contribution in [1.82, 2.24) is 5.32 Å². The van der Waals surface area contributed by atoms with Gasteiger partial charge < -0.3 is 19.7 Å². The molecule has 6 heteroatoms. The van der Waals surface area contributed by atoms with Crippen LogP contribution in [0.15, 0.2) is 24.3 Å². The maximum atomic E-state index is 12.4. The van der Waals surface area contributed by atoms with E-state index in [9.17, 15) is 9.59 Å². The zero-order valence-electron chi connectivity index (χ0n) is 14.2. The first-order valence-corrected chi connectivity index (χ1v) is 8.54. The van der Waals surface area contributed by atoms with Gasteiger partial charge in [-0.3, -0.25) is 9.59 Å². The third kappa shape index (κ3) is 3.53. The Labute approximate surface area is 142 Å². The second-order valence-electron chi connectivity index (χ2n) is 6.38. The second kappa shape index (κ2) is 7.21. The van der Waals surface area contributed by atoms with Gasteiger partial charge in [0.2, 0.25) is 5.91 Å². The quantitative estimate of drug-likeness (QED) is 0.894. The number of para-hydroxylation sites is 2.